The first-order valence-electron chi connectivity index (χ1n) is 10.0. The van der Waals surface area contributed by atoms with Crippen LogP contribution in [0.5, 0.6) is 0 Å². The zero-order valence-corrected chi connectivity index (χ0v) is 16.7. The summed E-state index contributed by atoms with van der Waals surface area (Å²) in [6.45, 7) is 12.2. The largest absolute Gasteiger partial charge is 0.356 e. The summed E-state index contributed by atoms with van der Waals surface area (Å²) in [7, 11) is 0. The number of hydrogen-bond donors (Lipinski definition) is 1. The summed E-state index contributed by atoms with van der Waals surface area (Å²) in [5, 5.41) is 2.94. The number of unbranched alkanes of at least 4 members (excludes halogenated alkanes) is 2. The summed E-state index contributed by atoms with van der Waals surface area (Å²) in [5.74, 6) is 1.10. The average molecular weight is 341 g/mol. The zero-order chi connectivity index (χ0) is 18.4. The van der Waals surface area contributed by atoms with Crippen LogP contribution in [0.3, 0.4) is 0 Å². The van der Waals surface area contributed by atoms with Crippen molar-refractivity contribution < 1.29 is 9.59 Å². The van der Waals surface area contributed by atoms with Gasteiger partial charge in [-0.1, -0.05) is 46.5 Å². The molecule has 0 saturated carbocycles. The summed E-state index contributed by atoms with van der Waals surface area (Å²) < 4.78 is 0. The molecule has 4 heteroatoms. The van der Waals surface area contributed by atoms with Crippen LogP contribution in [-0.2, 0) is 9.59 Å². The number of carbonyl (C=O) groups is 2. The Bertz CT molecular complexity index is 345. The minimum absolute atomic E-state index is 0.104. The van der Waals surface area contributed by atoms with Crippen molar-refractivity contribution in [3.8, 4) is 0 Å². The van der Waals surface area contributed by atoms with Crippen molar-refractivity contribution in [2.45, 2.75) is 98.4 Å². The van der Waals surface area contributed by atoms with E-state index in [0.29, 0.717) is 12.8 Å². The van der Waals surface area contributed by atoms with E-state index in [1.807, 2.05) is 11.8 Å². The molecule has 24 heavy (non-hydrogen) atoms. The van der Waals surface area contributed by atoms with Gasteiger partial charge in [0.2, 0.25) is 11.8 Å². The van der Waals surface area contributed by atoms with Crippen molar-refractivity contribution in [1.82, 2.24) is 10.2 Å². The predicted octanol–water partition coefficient (Wildman–Crippen LogP) is 4.53. The van der Waals surface area contributed by atoms with Gasteiger partial charge in [0.1, 0.15) is 0 Å². The number of nitrogens with one attached hydrogen (secondary N) is 1. The highest BCUT2D eigenvalue weighted by Gasteiger charge is 2.18. The first kappa shape index (κ1) is 22.9. The van der Waals surface area contributed by atoms with Crippen molar-refractivity contribution in [3.05, 3.63) is 0 Å². The van der Waals surface area contributed by atoms with Crippen molar-refractivity contribution in [2.75, 3.05) is 13.1 Å². The Kier molecular flexibility index (Phi) is 13.7. The second kappa shape index (κ2) is 14.3. The van der Waals surface area contributed by atoms with Crippen LogP contribution in [0, 0.1) is 5.92 Å². The number of nitrogens with zero attached hydrogens (tertiary/aromatic N) is 1. The highest BCUT2D eigenvalue weighted by atomic mass is 16.2. The molecule has 2 unspecified atom stereocenters. The number of amides is 2. The summed E-state index contributed by atoms with van der Waals surface area (Å²) >= 11 is 0. The van der Waals surface area contributed by atoms with Gasteiger partial charge in [-0.05, 0) is 39.0 Å². The van der Waals surface area contributed by atoms with Gasteiger partial charge in [0.25, 0.3) is 0 Å². The average Bonchev–Trinajstić information content (AvgIpc) is 2.57. The molecule has 0 radical (unpaired) electrons. The van der Waals surface area contributed by atoms with E-state index in [4.69, 9.17) is 0 Å². The molecule has 4 nitrogen and oxygen atoms in total. The normalized spacial score (nSPS) is 13.4. The lowest BCUT2D eigenvalue weighted by atomic mass is 10.0. The van der Waals surface area contributed by atoms with Gasteiger partial charge < -0.3 is 10.2 Å². The molecule has 0 rings (SSSR count). The highest BCUT2D eigenvalue weighted by Crippen LogP contribution is 2.14. The van der Waals surface area contributed by atoms with Gasteiger partial charge in [-0.15, -0.1) is 0 Å². The second-order valence-corrected chi connectivity index (χ2v) is 7.03. The van der Waals surface area contributed by atoms with Gasteiger partial charge in [-0.2, -0.15) is 0 Å². The van der Waals surface area contributed by atoms with E-state index in [0.717, 1.165) is 51.1 Å². The van der Waals surface area contributed by atoms with Crippen LogP contribution >= 0.6 is 0 Å². The minimum Gasteiger partial charge on any atom is -0.356 e. The highest BCUT2D eigenvalue weighted by molar-refractivity contribution is 5.77. The molecule has 0 aromatic carbocycles. The third kappa shape index (κ3) is 10.7. The van der Waals surface area contributed by atoms with Crippen LogP contribution < -0.4 is 5.32 Å². The molecule has 0 aliphatic rings. The lowest BCUT2D eigenvalue weighted by Crippen LogP contribution is -2.39. The Morgan fingerprint density at radius 1 is 0.958 bits per heavy atom. The molecule has 0 saturated heterocycles. The molecule has 0 aromatic rings. The fraction of sp³-hybridized carbons (Fsp3) is 0.900. The summed E-state index contributed by atoms with van der Waals surface area (Å²) in [6.07, 6.45) is 8.53. The predicted molar refractivity (Wildman–Crippen MR) is 102 cm³/mol. The maximum atomic E-state index is 12.4. The fourth-order valence-electron chi connectivity index (χ4n) is 2.84. The van der Waals surface area contributed by atoms with Crippen molar-refractivity contribution >= 4 is 11.8 Å². The number of rotatable bonds is 14. The molecular formula is C20H40N2O2. The van der Waals surface area contributed by atoms with Gasteiger partial charge in [0.05, 0.1) is 0 Å². The SMILES string of the molecule is CCCCNC(=O)CCC(C)N(CC)C(=O)CCCCC(C)CC. The quantitative estimate of drug-likeness (QED) is 0.472. The van der Waals surface area contributed by atoms with E-state index in [-0.39, 0.29) is 17.9 Å². The van der Waals surface area contributed by atoms with Crippen molar-refractivity contribution in [1.29, 1.82) is 0 Å². The molecule has 0 aromatic heterocycles. The standard InChI is InChI=1S/C20H40N2O2/c1-6-9-16-21-19(23)15-14-18(5)22(8-3)20(24)13-11-10-12-17(4)7-2/h17-18H,6-16H2,1-5H3,(H,21,23). The van der Waals surface area contributed by atoms with Gasteiger partial charge in [-0.3, -0.25) is 9.59 Å². The number of hydrogen-bond acceptors (Lipinski definition) is 2. The van der Waals surface area contributed by atoms with E-state index in [1.165, 1.54) is 12.8 Å². The van der Waals surface area contributed by atoms with E-state index in [2.05, 4.69) is 33.0 Å². The first-order valence-corrected chi connectivity index (χ1v) is 10.0. The topological polar surface area (TPSA) is 49.4 Å². The Hall–Kier alpha value is -1.06. The van der Waals surface area contributed by atoms with E-state index in [1.54, 1.807) is 0 Å². The van der Waals surface area contributed by atoms with Crippen LogP contribution in [0.1, 0.15) is 92.4 Å². The van der Waals surface area contributed by atoms with Gasteiger partial charge in [-0.25, -0.2) is 0 Å². The Labute approximate surface area is 149 Å². The molecule has 0 aliphatic carbocycles. The lowest BCUT2D eigenvalue weighted by Gasteiger charge is -2.28. The third-order valence-corrected chi connectivity index (χ3v) is 4.87. The Morgan fingerprint density at radius 2 is 1.67 bits per heavy atom. The van der Waals surface area contributed by atoms with E-state index >= 15 is 0 Å². The minimum atomic E-state index is 0.104. The fourth-order valence-corrected chi connectivity index (χ4v) is 2.84. The van der Waals surface area contributed by atoms with E-state index < -0.39 is 0 Å². The molecule has 0 fully saturated rings. The maximum absolute atomic E-state index is 12.4. The van der Waals surface area contributed by atoms with Crippen LogP contribution in [0.25, 0.3) is 0 Å². The Balaban J connectivity index is 4.07. The Morgan fingerprint density at radius 3 is 2.25 bits per heavy atom. The van der Waals surface area contributed by atoms with Gasteiger partial charge in [0.15, 0.2) is 0 Å². The number of carbonyl (C=O) groups excluding carboxylic acids is 2. The van der Waals surface area contributed by atoms with Gasteiger partial charge >= 0.3 is 0 Å². The second-order valence-electron chi connectivity index (χ2n) is 7.03. The first-order chi connectivity index (χ1) is 11.5. The van der Waals surface area contributed by atoms with Gasteiger partial charge in [0, 0.05) is 32.0 Å². The smallest absolute Gasteiger partial charge is 0.222 e. The molecule has 0 spiro atoms. The molecular weight excluding hydrogens is 300 g/mol. The monoisotopic (exact) mass is 340 g/mol. The maximum Gasteiger partial charge on any atom is 0.222 e. The molecule has 0 bridgehead atoms. The molecule has 1 N–H and O–H groups in total. The zero-order valence-electron chi connectivity index (χ0n) is 16.7. The molecule has 0 aliphatic heterocycles. The molecule has 2 amide bonds. The summed E-state index contributed by atoms with van der Waals surface area (Å²) in [5.41, 5.74) is 0. The van der Waals surface area contributed by atoms with Crippen molar-refractivity contribution in [3.63, 3.8) is 0 Å². The lowest BCUT2D eigenvalue weighted by molar-refractivity contribution is -0.134. The third-order valence-electron chi connectivity index (χ3n) is 4.87. The van der Waals surface area contributed by atoms with E-state index in [9.17, 15) is 9.59 Å². The summed E-state index contributed by atoms with van der Waals surface area (Å²) in [6, 6.07) is 0.133. The van der Waals surface area contributed by atoms with Crippen molar-refractivity contribution in [2.24, 2.45) is 5.92 Å². The van der Waals surface area contributed by atoms with Crippen LogP contribution in [-0.4, -0.2) is 35.8 Å². The molecule has 0 heterocycles. The summed E-state index contributed by atoms with van der Waals surface area (Å²) in [4.78, 5) is 26.1. The van der Waals surface area contributed by atoms with Crippen LogP contribution in [0.2, 0.25) is 0 Å². The molecule has 142 valence electrons. The van der Waals surface area contributed by atoms with Crippen LogP contribution in [0.4, 0.5) is 0 Å². The molecule has 2 atom stereocenters. The van der Waals surface area contributed by atoms with Crippen LogP contribution in [0.15, 0.2) is 0 Å².